The Morgan fingerprint density at radius 2 is 2.00 bits per heavy atom. The van der Waals surface area contributed by atoms with Crippen LogP contribution in [0, 0.1) is 0 Å². The number of alkyl carbamates (subject to hydrolysis) is 1. The molecule has 0 fully saturated rings. The van der Waals surface area contributed by atoms with Gasteiger partial charge in [-0.3, -0.25) is 4.79 Å². The number of carbonyl (C=O) groups excluding carboxylic acids is 1. The molecule has 0 aromatic heterocycles. The first-order valence-corrected chi connectivity index (χ1v) is 6.80. The molecule has 0 aliphatic carbocycles. The molecule has 0 spiro atoms. The van der Waals surface area contributed by atoms with E-state index < -0.39 is 12.1 Å². The van der Waals surface area contributed by atoms with Gasteiger partial charge in [0, 0.05) is 6.04 Å². The number of carbonyl (C=O) groups is 2. The zero-order valence-electron chi connectivity index (χ0n) is 11.7. The van der Waals surface area contributed by atoms with Crippen LogP contribution in [-0.4, -0.2) is 23.2 Å². The fraction of sp³-hybridized carbons (Fsp3) is 0.467. The van der Waals surface area contributed by atoms with Crippen LogP contribution in [0.4, 0.5) is 4.79 Å². The lowest BCUT2D eigenvalue weighted by molar-refractivity contribution is -0.137. The predicted octanol–water partition coefficient (Wildman–Crippen LogP) is 2.95. The number of carboxylic acids is 1. The van der Waals surface area contributed by atoms with Crippen LogP contribution in [0.15, 0.2) is 30.3 Å². The second-order valence-corrected chi connectivity index (χ2v) is 4.64. The third kappa shape index (κ3) is 6.78. The molecule has 20 heavy (non-hydrogen) atoms. The van der Waals surface area contributed by atoms with Crippen molar-refractivity contribution in [1.82, 2.24) is 5.32 Å². The Bertz CT molecular complexity index is 419. The van der Waals surface area contributed by atoms with E-state index in [2.05, 4.69) is 5.32 Å². The van der Waals surface area contributed by atoms with Crippen molar-refractivity contribution in [2.45, 2.75) is 45.3 Å². The Hall–Kier alpha value is -2.04. The van der Waals surface area contributed by atoms with Crippen LogP contribution in [0.5, 0.6) is 0 Å². The summed E-state index contributed by atoms with van der Waals surface area (Å²) in [6, 6.07) is 8.96. The third-order valence-electron chi connectivity index (χ3n) is 2.86. The minimum absolute atomic E-state index is 0.0829. The van der Waals surface area contributed by atoms with Gasteiger partial charge in [0.2, 0.25) is 0 Å². The van der Waals surface area contributed by atoms with Gasteiger partial charge in [0.25, 0.3) is 0 Å². The summed E-state index contributed by atoms with van der Waals surface area (Å²) in [5.41, 5.74) is 0.894. The van der Waals surface area contributed by atoms with Crippen molar-refractivity contribution in [3.63, 3.8) is 0 Å². The van der Waals surface area contributed by atoms with Crippen molar-refractivity contribution in [2.75, 3.05) is 0 Å². The molecule has 0 heterocycles. The van der Waals surface area contributed by atoms with E-state index in [4.69, 9.17) is 9.84 Å². The first kappa shape index (κ1) is 16.0. The van der Waals surface area contributed by atoms with Gasteiger partial charge in [0.1, 0.15) is 6.61 Å². The standard InChI is InChI=1S/C15H21NO4/c1-2-3-9-13(10-14(17)18)16-15(19)20-11-12-7-5-4-6-8-12/h4-8,13H,2-3,9-11H2,1H3,(H,16,19)(H,17,18). The summed E-state index contributed by atoms with van der Waals surface area (Å²) in [5, 5.41) is 11.4. The van der Waals surface area contributed by atoms with Crippen LogP contribution < -0.4 is 5.32 Å². The van der Waals surface area contributed by atoms with Crippen LogP contribution in [0.1, 0.15) is 38.2 Å². The molecule has 5 nitrogen and oxygen atoms in total. The zero-order valence-corrected chi connectivity index (χ0v) is 11.7. The lowest BCUT2D eigenvalue weighted by Crippen LogP contribution is -2.36. The zero-order chi connectivity index (χ0) is 14.8. The molecule has 0 bridgehead atoms. The smallest absolute Gasteiger partial charge is 0.407 e. The summed E-state index contributed by atoms with van der Waals surface area (Å²) in [5.74, 6) is -0.922. The second kappa shape index (κ2) is 8.96. The van der Waals surface area contributed by atoms with Gasteiger partial charge in [0.15, 0.2) is 0 Å². The van der Waals surface area contributed by atoms with Crippen molar-refractivity contribution in [3.05, 3.63) is 35.9 Å². The van der Waals surface area contributed by atoms with Crippen LogP contribution >= 0.6 is 0 Å². The molecular formula is C15H21NO4. The summed E-state index contributed by atoms with van der Waals surface area (Å²) >= 11 is 0. The molecule has 1 aromatic rings. The maximum atomic E-state index is 11.6. The molecule has 1 aromatic carbocycles. The molecule has 2 N–H and O–H groups in total. The van der Waals surface area contributed by atoms with Crippen LogP contribution in [0.2, 0.25) is 0 Å². The lowest BCUT2D eigenvalue weighted by Gasteiger charge is -2.16. The average molecular weight is 279 g/mol. The monoisotopic (exact) mass is 279 g/mol. The molecule has 110 valence electrons. The quantitative estimate of drug-likeness (QED) is 0.767. The first-order valence-electron chi connectivity index (χ1n) is 6.80. The molecule has 1 amide bonds. The van der Waals surface area contributed by atoms with Crippen LogP contribution in [0.25, 0.3) is 0 Å². The topological polar surface area (TPSA) is 75.6 Å². The van der Waals surface area contributed by atoms with E-state index in [1.165, 1.54) is 0 Å². The fourth-order valence-corrected chi connectivity index (χ4v) is 1.82. The van der Waals surface area contributed by atoms with E-state index in [-0.39, 0.29) is 19.1 Å². The molecular weight excluding hydrogens is 258 g/mol. The van der Waals surface area contributed by atoms with Gasteiger partial charge in [-0.25, -0.2) is 4.79 Å². The number of benzene rings is 1. The number of nitrogens with one attached hydrogen (secondary N) is 1. The molecule has 1 rings (SSSR count). The number of hydrogen-bond donors (Lipinski definition) is 2. The third-order valence-corrected chi connectivity index (χ3v) is 2.86. The summed E-state index contributed by atoms with van der Waals surface area (Å²) < 4.78 is 5.08. The molecule has 0 aliphatic heterocycles. The number of carboxylic acid groups (broad SMARTS) is 1. The van der Waals surface area contributed by atoms with Crippen molar-refractivity contribution in [2.24, 2.45) is 0 Å². The summed E-state index contributed by atoms with van der Waals surface area (Å²) in [4.78, 5) is 22.4. The number of rotatable bonds is 8. The Balaban J connectivity index is 2.38. The predicted molar refractivity (Wildman–Crippen MR) is 75.3 cm³/mol. The SMILES string of the molecule is CCCCC(CC(=O)O)NC(=O)OCc1ccccc1. The van der Waals surface area contributed by atoms with Crippen molar-refractivity contribution >= 4 is 12.1 Å². The van der Waals surface area contributed by atoms with E-state index in [9.17, 15) is 9.59 Å². The number of aliphatic carboxylic acids is 1. The van der Waals surface area contributed by atoms with Gasteiger partial charge >= 0.3 is 12.1 Å². The molecule has 1 atom stereocenters. The average Bonchev–Trinajstić information content (AvgIpc) is 2.43. The number of unbranched alkanes of at least 4 members (excludes halogenated alkanes) is 1. The first-order chi connectivity index (χ1) is 9.61. The summed E-state index contributed by atoms with van der Waals surface area (Å²) in [6.07, 6.45) is 1.81. The highest BCUT2D eigenvalue weighted by Gasteiger charge is 2.16. The molecule has 0 aliphatic rings. The summed E-state index contributed by atoms with van der Waals surface area (Å²) in [7, 11) is 0. The second-order valence-electron chi connectivity index (χ2n) is 4.64. The number of ether oxygens (including phenoxy) is 1. The number of amides is 1. The van der Waals surface area contributed by atoms with Crippen molar-refractivity contribution in [1.29, 1.82) is 0 Å². The fourth-order valence-electron chi connectivity index (χ4n) is 1.82. The van der Waals surface area contributed by atoms with Crippen molar-refractivity contribution in [3.8, 4) is 0 Å². The van der Waals surface area contributed by atoms with Crippen LogP contribution in [0.3, 0.4) is 0 Å². The maximum Gasteiger partial charge on any atom is 0.407 e. The lowest BCUT2D eigenvalue weighted by atomic mass is 10.1. The van der Waals surface area contributed by atoms with E-state index >= 15 is 0 Å². The van der Waals surface area contributed by atoms with E-state index in [0.29, 0.717) is 6.42 Å². The molecule has 1 unspecified atom stereocenters. The normalized spacial score (nSPS) is 11.7. The van der Waals surface area contributed by atoms with Gasteiger partial charge in [0.05, 0.1) is 6.42 Å². The van der Waals surface area contributed by atoms with Crippen molar-refractivity contribution < 1.29 is 19.4 Å². The molecule has 5 heteroatoms. The van der Waals surface area contributed by atoms with Gasteiger partial charge in [-0.15, -0.1) is 0 Å². The highest BCUT2D eigenvalue weighted by molar-refractivity contribution is 5.71. The van der Waals surface area contributed by atoms with Gasteiger partial charge < -0.3 is 15.2 Å². The van der Waals surface area contributed by atoms with Gasteiger partial charge in [-0.05, 0) is 12.0 Å². The summed E-state index contributed by atoms with van der Waals surface area (Å²) in [6.45, 7) is 2.20. The number of hydrogen-bond acceptors (Lipinski definition) is 3. The molecule has 0 saturated carbocycles. The highest BCUT2D eigenvalue weighted by atomic mass is 16.5. The van der Waals surface area contributed by atoms with Crippen LogP contribution in [-0.2, 0) is 16.1 Å². The Morgan fingerprint density at radius 3 is 2.60 bits per heavy atom. The minimum Gasteiger partial charge on any atom is -0.481 e. The maximum absolute atomic E-state index is 11.6. The van der Waals surface area contributed by atoms with E-state index in [1.807, 2.05) is 37.3 Å². The Labute approximate surface area is 118 Å². The van der Waals surface area contributed by atoms with E-state index in [1.54, 1.807) is 0 Å². The van der Waals surface area contributed by atoms with E-state index in [0.717, 1.165) is 18.4 Å². The largest absolute Gasteiger partial charge is 0.481 e. The molecule has 0 saturated heterocycles. The van der Waals surface area contributed by atoms with Gasteiger partial charge in [-0.1, -0.05) is 50.1 Å². The van der Waals surface area contributed by atoms with Gasteiger partial charge in [-0.2, -0.15) is 0 Å². The minimum atomic E-state index is -0.922. The molecule has 0 radical (unpaired) electrons. The Kier molecular flexibility index (Phi) is 7.17. The highest BCUT2D eigenvalue weighted by Crippen LogP contribution is 2.06. The Morgan fingerprint density at radius 1 is 1.30 bits per heavy atom.